The molecule has 0 radical (unpaired) electrons. The van der Waals surface area contributed by atoms with Crippen LogP contribution in [0.3, 0.4) is 0 Å². The van der Waals surface area contributed by atoms with Gasteiger partial charge in [0.1, 0.15) is 0 Å². The van der Waals surface area contributed by atoms with Crippen molar-refractivity contribution in [3.8, 4) is 0 Å². The predicted molar refractivity (Wildman–Crippen MR) is 60.7 cm³/mol. The third-order valence-electron chi connectivity index (χ3n) is 2.83. The largest absolute Gasteiger partial charge is 0.466 e. The van der Waals surface area contributed by atoms with Gasteiger partial charge in [-0.1, -0.05) is 13.0 Å². The van der Waals surface area contributed by atoms with E-state index >= 15 is 0 Å². The van der Waals surface area contributed by atoms with Crippen molar-refractivity contribution >= 4 is 11.9 Å². The van der Waals surface area contributed by atoms with Crippen molar-refractivity contribution in [2.24, 2.45) is 5.92 Å². The fourth-order valence-electron chi connectivity index (χ4n) is 2.06. The highest BCUT2D eigenvalue weighted by atomic mass is 16.5. The number of hydrogen-bond donors (Lipinski definition) is 1. The molecule has 1 N–H and O–H groups in total. The van der Waals surface area contributed by atoms with E-state index in [4.69, 9.17) is 4.74 Å². The first-order chi connectivity index (χ1) is 7.67. The van der Waals surface area contributed by atoms with Gasteiger partial charge in [0.15, 0.2) is 0 Å². The van der Waals surface area contributed by atoms with Crippen LogP contribution in [0.15, 0.2) is 12.7 Å². The summed E-state index contributed by atoms with van der Waals surface area (Å²) in [6.45, 7) is 5.62. The molecule has 1 aliphatic rings. The number of amides is 1. The van der Waals surface area contributed by atoms with Crippen molar-refractivity contribution in [3.63, 3.8) is 0 Å². The summed E-state index contributed by atoms with van der Waals surface area (Å²) in [7, 11) is 0. The maximum Gasteiger partial charge on any atom is 0.308 e. The lowest BCUT2D eigenvalue weighted by Crippen LogP contribution is -2.39. The number of hydrogen-bond acceptors (Lipinski definition) is 3. The van der Waals surface area contributed by atoms with E-state index < -0.39 is 0 Å². The van der Waals surface area contributed by atoms with Gasteiger partial charge in [-0.05, 0) is 32.3 Å². The monoisotopic (exact) mass is 225 g/mol. The standard InChI is InChI=1S/C12H19NO3/c1-3-11(14)13-10-7-5-6-9(8-10)12(15)16-4-2/h3,9-10H,1,4-8H2,2H3,(H,13,14)/t9-,10+/m0/s1. The first-order valence-corrected chi connectivity index (χ1v) is 5.77. The van der Waals surface area contributed by atoms with Gasteiger partial charge in [0.05, 0.1) is 12.5 Å². The minimum absolute atomic E-state index is 0.0659. The molecule has 0 aromatic heterocycles. The molecule has 4 nitrogen and oxygen atoms in total. The van der Waals surface area contributed by atoms with Crippen LogP contribution >= 0.6 is 0 Å². The number of nitrogens with one attached hydrogen (secondary N) is 1. The lowest BCUT2D eigenvalue weighted by atomic mass is 9.85. The number of carbonyl (C=O) groups excluding carboxylic acids is 2. The number of carbonyl (C=O) groups is 2. The van der Waals surface area contributed by atoms with Crippen LogP contribution in [0.4, 0.5) is 0 Å². The van der Waals surface area contributed by atoms with Gasteiger partial charge >= 0.3 is 5.97 Å². The molecule has 2 atom stereocenters. The summed E-state index contributed by atoms with van der Waals surface area (Å²) >= 11 is 0. The van der Waals surface area contributed by atoms with Crippen molar-refractivity contribution in [3.05, 3.63) is 12.7 Å². The first-order valence-electron chi connectivity index (χ1n) is 5.77. The van der Waals surface area contributed by atoms with Gasteiger partial charge in [-0.3, -0.25) is 9.59 Å². The van der Waals surface area contributed by atoms with E-state index in [-0.39, 0.29) is 23.8 Å². The van der Waals surface area contributed by atoms with Crippen LogP contribution in [0.25, 0.3) is 0 Å². The zero-order valence-corrected chi connectivity index (χ0v) is 9.70. The van der Waals surface area contributed by atoms with E-state index in [1.807, 2.05) is 0 Å². The maximum atomic E-state index is 11.5. The van der Waals surface area contributed by atoms with Gasteiger partial charge < -0.3 is 10.1 Å². The van der Waals surface area contributed by atoms with Crippen molar-refractivity contribution < 1.29 is 14.3 Å². The molecule has 0 heterocycles. The Morgan fingerprint density at radius 3 is 2.88 bits per heavy atom. The Hall–Kier alpha value is -1.32. The van der Waals surface area contributed by atoms with Crippen LogP contribution in [0.1, 0.15) is 32.6 Å². The molecule has 0 bridgehead atoms. The third kappa shape index (κ3) is 3.68. The van der Waals surface area contributed by atoms with Crippen molar-refractivity contribution in [2.75, 3.05) is 6.61 Å². The highest BCUT2D eigenvalue weighted by Crippen LogP contribution is 2.25. The van der Waals surface area contributed by atoms with Gasteiger partial charge in [-0.25, -0.2) is 0 Å². The molecule has 0 aliphatic heterocycles. The highest BCUT2D eigenvalue weighted by molar-refractivity contribution is 5.87. The van der Waals surface area contributed by atoms with Crippen LogP contribution < -0.4 is 5.32 Å². The van der Waals surface area contributed by atoms with E-state index in [1.165, 1.54) is 6.08 Å². The molecule has 1 fully saturated rings. The van der Waals surface area contributed by atoms with E-state index in [9.17, 15) is 9.59 Å². The Balaban J connectivity index is 2.43. The minimum Gasteiger partial charge on any atom is -0.466 e. The van der Waals surface area contributed by atoms with Crippen molar-refractivity contribution in [1.29, 1.82) is 0 Å². The molecule has 1 rings (SSSR count). The topological polar surface area (TPSA) is 55.4 Å². The maximum absolute atomic E-state index is 11.5. The number of ether oxygens (including phenoxy) is 1. The lowest BCUT2D eigenvalue weighted by molar-refractivity contribution is -0.149. The zero-order chi connectivity index (χ0) is 12.0. The Morgan fingerprint density at radius 2 is 2.25 bits per heavy atom. The molecule has 1 aliphatic carbocycles. The molecule has 0 saturated heterocycles. The molecular formula is C12H19NO3. The Labute approximate surface area is 96.0 Å². The Morgan fingerprint density at radius 1 is 1.50 bits per heavy atom. The third-order valence-corrected chi connectivity index (χ3v) is 2.83. The molecule has 0 unspecified atom stereocenters. The predicted octanol–water partition coefficient (Wildman–Crippen LogP) is 1.41. The van der Waals surface area contributed by atoms with Gasteiger partial charge in [-0.2, -0.15) is 0 Å². The summed E-state index contributed by atoms with van der Waals surface area (Å²) in [4.78, 5) is 22.7. The zero-order valence-electron chi connectivity index (χ0n) is 9.70. The van der Waals surface area contributed by atoms with Crippen molar-refractivity contribution in [2.45, 2.75) is 38.6 Å². The minimum atomic E-state index is -0.172. The molecule has 4 heteroatoms. The summed E-state index contributed by atoms with van der Waals surface area (Å²) in [6, 6.07) is 0.0775. The summed E-state index contributed by atoms with van der Waals surface area (Å²) in [5, 5.41) is 2.83. The smallest absolute Gasteiger partial charge is 0.308 e. The van der Waals surface area contributed by atoms with Gasteiger partial charge in [0.25, 0.3) is 0 Å². The van der Waals surface area contributed by atoms with Crippen LogP contribution in [-0.2, 0) is 14.3 Å². The average Bonchev–Trinajstić information content (AvgIpc) is 2.29. The van der Waals surface area contributed by atoms with Gasteiger partial charge in [0.2, 0.25) is 5.91 Å². The van der Waals surface area contributed by atoms with Crippen molar-refractivity contribution in [1.82, 2.24) is 5.32 Å². The summed E-state index contributed by atoms with van der Waals surface area (Å²) in [5.74, 6) is -0.377. The fourth-order valence-corrected chi connectivity index (χ4v) is 2.06. The number of esters is 1. The van der Waals surface area contributed by atoms with Crippen LogP contribution in [0.5, 0.6) is 0 Å². The summed E-state index contributed by atoms with van der Waals surface area (Å²) < 4.78 is 4.99. The van der Waals surface area contributed by atoms with Gasteiger partial charge in [-0.15, -0.1) is 0 Å². The van der Waals surface area contributed by atoms with Gasteiger partial charge in [0, 0.05) is 6.04 Å². The second-order valence-corrected chi connectivity index (χ2v) is 4.03. The molecule has 0 spiro atoms. The fraction of sp³-hybridized carbons (Fsp3) is 0.667. The molecule has 0 aromatic rings. The normalized spacial score (nSPS) is 24.6. The molecule has 16 heavy (non-hydrogen) atoms. The summed E-state index contributed by atoms with van der Waals surface area (Å²) in [5.41, 5.74) is 0. The Bertz CT molecular complexity index is 275. The summed E-state index contributed by atoms with van der Waals surface area (Å²) in [6.07, 6.45) is 4.67. The average molecular weight is 225 g/mol. The van der Waals surface area contributed by atoms with E-state index in [0.29, 0.717) is 13.0 Å². The molecule has 1 amide bonds. The van der Waals surface area contributed by atoms with E-state index in [0.717, 1.165) is 19.3 Å². The quantitative estimate of drug-likeness (QED) is 0.581. The van der Waals surface area contributed by atoms with Crippen LogP contribution in [0, 0.1) is 5.92 Å². The second kappa shape index (κ2) is 6.30. The molecule has 0 aromatic carbocycles. The van der Waals surface area contributed by atoms with E-state index in [1.54, 1.807) is 6.92 Å². The number of rotatable bonds is 4. The molecule has 90 valence electrons. The highest BCUT2D eigenvalue weighted by Gasteiger charge is 2.28. The first kappa shape index (κ1) is 12.7. The Kier molecular flexibility index (Phi) is 5.02. The van der Waals surface area contributed by atoms with E-state index in [2.05, 4.69) is 11.9 Å². The molecular weight excluding hydrogens is 206 g/mol. The SMILES string of the molecule is C=CC(=O)N[C@@H]1CCC[C@H](C(=O)OCC)C1. The second-order valence-electron chi connectivity index (χ2n) is 4.03. The van der Waals surface area contributed by atoms with Crippen LogP contribution in [0.2, 0.25) is 0 Å². The molecule has 1 saturated carbocycles. The lowest BCUT2D eigenvalue weighted by Gasteiger charge is -2.28. The van der Waals surface area contributed by atoms with Crippen LogP contribution in [-0.4, -0.2) is 24.5 Å².